The number of nitrogens with one attached hydrogen (secondary N) is 1. The van der Waals surface area contributed by atoms with Crippen LogP contribution >= 0.6 is 0 Å². The molecule has 134 valence electrons. The third-order valence-corrected chi connectivity index (χ3v) is 4.84. The Labute approximate surface area is 150 Å². The highest BCUT2D eigenvalue weighted by molar-refractivity contribution is 5.82. The lowest BCUT2D eigenvalue weighted by Gasteiger charge is -2.19. The number of amides is 1. The molecule has 4 rings (SSSR count). The Bertz CT molecular complexity index is 919. The van der Waals surface area contributed by atoms with Crippen molar-refractivity contribution in [3.05, 3.63) is 53.5 Å². The van der Waals surface area contributed by atoms with E-state index in [2.05, 4.69) is 31.3 Å². The molecule has 1 aromatic carbocycles. The van der Waals surface area contributed by atoms with Gasteiger partial charge in [-0.3, -0.25) is 9.78 Å². The number of carbonyl (C=O) groups is 1. The zero-order valence-corrected chi connectivity index (χ0v) is 14.5. The molecule has 1 aliphatic heterocycles. The van der Waals surface area contributed by atoms with Crippen molar-refractivity contribution in [3.8, 4) is 0 Å². The first-order valence-electron chi connectivity index (χ1n) is 8.68. The Morgan fingerprint density at radius 1 is 1.23 bits per heavy atom. The smallest absolute Gasteiger partial charge is 0.226 e. The summed E-state index contributed by atoms with van der Waals surface area (Å²) in [6, 6.07) is 10.1. The van der Waals surface area contributed by atoms with E-state index in [9.17, 15) is 4.79 Å². The Morgan fingerprint density at radius 2 is 2.12 bits per heavy atom. The van der Waals surface area contributed by atoms with Crippen LogP contribution in [0.3, 0.4) is 0 Å². The summed E-state index contributed by atoms with van der Waals surface area (Å²) < 4.78 is 10.3. The van der Waals surface area contributed by atoms with E-state index in [1.54, 1.807) is 6.92 Å². The molecule has 0 saturated carbocycles. The molecule has 1 N–H and O–H groups in total. The van der Waals surface area contributed by atoms with Crippen LogP contribution in [0.25, 0.3) is 10.9 Å². The van der Waals surface area contributed by atoms with E-state index in [1.165, 1.54) is 5.56 Å². The largest absolute Gasteiger partial charge is 0.379 e. The quantitative estimate of drug-likeness (QED) is 0.754. The van der Waals surface area contributed by atoms with Gasteiger partial charge in [0.15, 0.2) is 0 Å². The number of carbonyl (C=O) groups excluding carboxylic acids is 1. The third-order valence-electron chi connectivity index (χ3n) is 4.84. The van der Waals surface area contributed by atoms with Crippen LogP contribution in [0.15, 0.2) is 41.2 Å². The Morgan fingerprint density at radius 3 is 2.96 bits per heavy atom. The fourth-order valence-electron chi connectivity index (χ4n) is 3.39. The molecular formula is C19H20N4O3. The highest BCUT2D eigenvalue weighted by atomic mass is 16.6. The normalized spacial score (nSPS) is 19.7. The van der Waals surface area contributed by atoms with E-state index in [0.29, 0.717) is 24.6 Å². The second kappa shape index (κ2) is 7.21. The summed E-state index contributed by atoms with van der Waals surface area (Å²) in [6.45, 7) is 2.93. The second-order valence-electron chi connectivity index (χ2n) is 6.64. The van der Waals surface area contributed by atoms with E-state index in [-0.39, 0.29) is 24.3 Å². The summed E-state index contributed by atoms with van der Waals surface area (Å²) in [4.78, 5) is 16.8. The topological polar surface area (TPSA) is 90.1 Å². The zero-order chi connectivity index (χ0) is 17.9. The fraction of sp³-hybridized carbons (Fsp3) is 0.368. The number of aryl methyl sites for hydroxylation is 1. The average Bonchev–Trinajstić information content (AvgIpc) is 3.25. The van der Waals surface area contributed by atoms with Crippen molar-refractivity contribution >= 4 is 16.8 Å². The molecule has 26 heavy (non-hydrogen) atoms. The Hall–Kier alpha value is -2.80. The molecule has 0 spiro atoms. The van der Waals surface area contributed by atoms with Crippen LogP contribution in [0.4, 0.5) is 0 Å². The standard InChI is InChI=1S/C19H20N4O3/c1-12-17(23-26-22-12)9-19(24)21-18-11-25-10-14(18)8-13-6-7-20-16-5-3-2-4-15(13)16/h2-7,14,18H,8-11H2,1H3,(H,21,24)/t14-,18+/m1/s1. The van der Waals surface area contributed by atoms with Crippen LogP contribution in [0.1, 0.15) is 17.0 Å². The molecule has 0 radical (unpaired) electrons. The molecule has 0 aliphatic carbocycles. The number of aromatic nitrogens is 3. The molecule has 0 bridgehead atoms. The highest BCUT2D eigenvalue weighted by Crippen LogP contribution is 2.24. The summed E-state index contributed by atoms with van der Waals surface area (Å²) in [5, 5.41) is 11.7. The first-order valence-corrected chi connectivity index (χ1v) is 8.68. The number of para-hydroxylation sites is 1. The SMILES string of the molecule is Cc1nonc1CC(=O)N[C@H]1COC[C@H]1Cc1ccnc2ccccc12. The van der Waals surface area contributed by atoms with Crippen molar-refractivity contribution in [1.82, 2.24) is 20.6 Å². The van der Waals surface area contributed by atoms with Crippen molar-refractivity contribution in [1.29, 1.82) is 0 Å². The van der Waals surface area contributed by atoms with Crippen molar-refractivity contribution < 1.29 is 14.2 Å². The third kappa shape index (κ3) is 3.43. The summed E-state index contributed by atoms with van der Waals surface area (Å²) in [6.07, 6.45) is 2.83. The van der Waals surface area contributed by atoms with Gasteiger partial charge in [0.1, 0.15) is 11.4 Å². The first-order chi connectivity index (χ1) is 12.7. The van der Waals surface area contributed by atoms with Crippen molar-refractivity contribution in [2.24, 2.45) is 5.92 Å². The summed E-state index contributed by atoms with van der Waals surface area (Å²) in [7, 11) is 0. The second-order valence-corrected chi connectivity index (χ2v) is 6.64. The minimum Gasteiger partial charge on any atom is -0.379 e. The number of nitrogens with zero attached hydrogens (tertiary/aromatic N) is 3. The first kappa shape index (κ1) is 16.7. The van der Waals surface area contributed by atoms with Gasteiger partial charge in [-0.25, -0.2) is 4.63 Å². The molecular weight excluding hydrogens is 332 g/mol. The van der Waals surface area contributed by atoms with Crippen LogP contribution in [0, 0.1) is 12.8 Å². The van der Waals surface area contributed by atoms with Crippen LogP contribution < -0.4 is 5.32 Å². The van der Waals surface area contributed by atoms with Crippen LogP contribution in [-0.2, 0) is 22.4 Å². The number of benzene rings is 1. The molecule has 2 aromatic heterocycles. The lowest BCUT2D eigenvalue weighted by atomic mass is 9.93. The van der Waals surface area contributed by atoms with E-state index >= 15 is 0 Å². The average molecular weight is 352 g/mol. The van der Waals surface area contributed by atoms with Gasteiger partial charge in [-0.1, -0.05) is 28.5 Å². The molecule has 7 heteroatoms. The van der Waals surface area contributed by atoms with Gasteiger partial charge in [0, 0.05) is 17.5 Å². The summed E-state index contributed by atoms with van der Waals surface area (Å²) >= 11 is 0. The Balaban J connectivity index is 1.45. The number of fused-ring (bicyclic) bond motifs is 1. The molecule has 3 aromatic rings. The zero-order valence-electron chi connectivity index (χ0n) is 14.5. The van der Waals surface area contributed by atoms with E-state index in [0.717, 1.165) is 17.3 Å². The maximum atomic E-state index is 12.3. The van der Waals surface area contributed by atoms with Crippen molar-refractivity contribution in [2.75, 3.05) is 13.2 Å². The number of ether oxygens (including phenoxy) is 1. The maximum Gasteiger partial charge on any atom is 0.226 e. The molecule has 1 fully saturated rings. The van der Waals surface area contributed by atoms with Gasteiger partial charge in [-0.05, 0) is 31.0 Å². The monoisotopic (exact) mass is 352 g/mol. The number of rotatable bonds is 5. The molecule has 1 saturated heterocycles. The maximum absolute atomic E-state index is 12.3. The van der Waals surface area contributed by atoms with Gasteiger partial charge in [0.25, 0.3) is 0 Å². The molecule has 3 heterocycles. The fourth-order valence-corrected chi connectivity index (χ4v) is 3.39. The van der Waals surface area contributed by atoms with Gasteiger partial charge in [0.05, 0.1) is 31.2 Å². The molecule has 7 nitrogen and oxygen atoms in total. The van der Waals surface area contributed by atoms with Gasteiger partial charge < -0.3 is 10.1 Å². The molecule has 1 aliphatic rings. The van der Waals surface area contributed by atoms with Gasteiger partial charge >= 0.3 is 0 Å². The van der Waals surface area contributed by atoms with E-state index in [1.807, 2.05) is 30.5 Å². The highest BCUT2D eigenvalue weighted by Gasteiger charge is 2.30. The Kier molecular flexibility index (Phi) is 4.62. The molecule has 0 unspecified atom stereocenters. The number of pyridine rings is 1. The van der Waals surface area contributed by atoms with Crippen LogP contribution in [0.2, 0.25) is 0 Å². The van der Waals surface area contributed by atoms with Crippen molar-refractivity contribution in [3.63, 3.8) is 0 Å². The van der Waals surface area contributed by atoms with Gasteiger partial charge in [0.2, 0.25) is 5.91 Å². The van der Waals surface area contributed by atoms with E-state index < -0.39 is 0 Å². The minimum atomic E-state index is -0.0936. The summed E-state index contributed by atoms with van der Waals surface area (Å²) in [5.74, 6) is 0.130. The predicted octanol–water partition coefficient (Wildman–Crippen LogP) is 1.84. The van der Waals surface area contributed by atoms with Crippen LogP contribution in [-0.4, -0.2) is 40.5 Å². The lowest BCUT2D eigenvalue weighted by Crippen LogP contribution is -2.41. The van der Waals surface area contributed by atoms with Gasteiger partial charge in [-0.15, -0.1) is 0 Å². The number of hydrogen-bond acceptors (Lipinski definition) is 6. The molecule has 1 amide bonds. The summed E-state index contributed by atoms with van der Waals surface area (Å²) in [5.41, 5.74) is 3.42. The molecule has 2 atom stereocenters. The lowest BCUT2D eigenvalue weighted by molar-refractivity contribution is -0.121. The van der Waals surface area contributed by atoms with Crippen molar-refractivity contribution in [2.45, 2.75) is 25.8 Å². The van der Waals surface area contributed by atoms with Crippen LogP contribution in [0.5, 0.6) is 0 Å². The minimum absolute atomic E-state index is 0.0189. The van der Waals surface area contributed by atoms with Gasteiger partial charge in [-0.2, -0.15) is 0 Å². The number of hydrogen-bond donors (Lipinski definition) is 1. The van der Waals surface area contributed by atoms with E-state index in [4.69, 9.17) is 4.74 Å². The predicted molar refractivity (Wildman–Crippen MR) is 94.4 cm³/mol.